The Labute approximate surface area is 130 Å². The zero-order valence-corrected chi connectivity index (χ0v) is 13.0. The van der Waals surface area contributed by atoms with Crippen LogP contribution in [0.2, 0.25) is 0 Å². The highest BCUT2D eigenvalue weighted by atomic mass is 16.5. The molecule has 2 aromatic rings. The highest BCUT2D eigenvalue weighted by Crippen LogP contribution is 2.37. The van der Waals surface area contributed by atoms with E-state index in [0.29, 0.717) is 23.6 Å². The van der Waals surface area contributed by atoms with Crippen LogP contribution in [0.4, 0.5) is 0 Å². The monoisotopic (exact) mass is 297 g/mol. The third kappa shape index (κ3) is 2.16. The molecule has 0 fully saturated rings. The quantitative estimate of drug-likeness (QED) is 0.946. The fourth-order valence-electron chi connectivity index (χ4n) is 2.90. The van der Waals surface area contributed by atoms with Gasteiger partial charge in [0.25, 0.3) is 0 Å². The Hall–Kier alpha value is -2.33. The number of nitrogens with one attached hydrogen (secondary N) is 1. The van der Waals surface area contributed by atoms with Crippen LogP contribution in [-0.2, 0) is 12.1 Å². The number of ketones is 1. The molecule has 22 heavy (non-hydrogen) atoms. The van der Waals surface area contributed by atoms with Crippen LogP contribution in [0.1, 0.15) is 28.4 Å². The van der Waals surface area contributed by atoms with Crippen LogP contribution in [0.25, 0.3) is 0 Å². The van der Waals surface area contributed by atoms with E-state index in [2.05, 4.69) is 5.32 Å². The Kier molecular flexibility index (Phi) is 3.62. The summed E-state index contributed by atoms with van der Waals surface area (Å²) >= 11 is 0. The number of Topliss-reactive ketones (excluding diaryl/α,β-unsaturated/α-hetero) is 1. The van der Waals surface area contributed by atoms with Crippen LogP contribution in [-0.4, -0.2) is 20.0 Å². The summed E-state index contributed by atoms with van der Waals surface area (Å²) in [7, 11) is 3.17. The van der Waals surface area contributed by atoms with Gasteiger partial charge < -0.3 is 9.47 Å². The van der Waals surface area contributed by atoms with Gasteiger partial charge in [0, 0.05) is 12.1 Å². The number of hydrogen-bond donors (Lipinski definition) is 1. The van der Waals surface area contributed by atoms with E-state index in [0.717, 1.165) is 11.1 Å². The molecule has 4 heteroatoms. The average molecular weight is 297 g/mol. The maximum atomic E-state index is 13.0. The second-order valence-electron chi connectivity index (χ2n) is 5.54. The Morgan fingerprint density at radius 3 is 2.32 bits per heavy atom. The summed E-state index contributed by atoms with van der Waals surface area (Å²) in [5.41, 5.74) is 1.84. The number of carbonyl (C=O) groups is 1. The van der Waals surface area contributed by atoms with E-state index in [1.165, 1.54) is 0 Å². The predicted molar refractivity (Wildman–Crippen MR) is 84.5 cm³/mol. The number of ether oxygens (including phenoxy) is 2. The molecule has 114 valence electrons. The maximum absolute atomic E-state index is 13.0. The van der Waals surface area contributed by atoms with Crippen molar-refractivity contribution in [2.75, 3.05) is 14.2 Å². The molecule has 1 aliphatic rings. The molecule has 0 aliphatic carbocycles. The van der Waals surface area contributed by atoms with Crippen molar-refractivity contribution in [3.8, 4) is 11.5 Å². The second-order valence-corrected chi connectivity index (χ2v) is 5.54. The number of rotatable bonds is 3. The van der Waals surface area contributed by atoms with Gasteiger partial charge in [-0.1, -0.05) is 30.3 Å². The topological polar surface area (TPSA) is 47.6 Å². The SMILES string of the molecule is COc1cc2c(cc1OC)C(=O)[C@@](C)(c1ccccc1)NC2. The fourth-order valence-corrected chi connectivity index (χ4v) is 2.90. The smallest absolute Gasteiger partial charge is 0.187 e. The van der Waals surface area contributed by atoms with E-state index < -0.39 is 5.54 Å². The van der Waals surface area contributed by atoms with E-state index in [1.807, 2.05) is 43.3 Å². The van der Waals surface area contributed by atoms with Gasteiger partial charge in [-0.25, -0.2) is 0 Å². The minimum absolute atomic E-state index is 0.0425. The molecule has 0 aromatic heterocycles. The van der Waals surface area contributed by atoms with E-state index in [-0.39, 0.29) is 5.78 Å². The van der Waals surface area contributed by atoms with Crippen LogP contribution >= 0.6 is 0 Å². The molecule has 4 nitrogen and oxygen atoms in total. The summed E-state index contributed by atoms with van der Waals surface area (Å²) in [5.74, 6) is 1.26. The van der Waals surface area contributed by atoms with E-state index in [1.54, 1.807) is 20.3 Å². The van der Waals surface area contributed by atoms with Crippen LogP contribution in [0.15, 0.2) is 42.5 Å². The van der Waals surface area contributed by atoms with E-state index in [9.17, 15) is 4.79 Å². The largest absolute Gasteiger partial charge is 0.493 e. The molecule has 0 spiro atoms. The van der Waals surface area contributed by atoms with Gasteiger partial charge in [0.2, 0.25) is 0 Å². The first kappa shape index (κ1) is 14.6. The highest BCUT2D eigenvalue weighted by molar-refractivity contribution is 6.06. The van der Waals surface area contributed by atoms with Gasteiger partial charge in [0.05, 0.1) is 14.2 Å². The lowest BCUT2D eigenvalue weighted by Gasteiger charge is -2.35. The molecule has 0 amide bonds. The van der Waals surface area contributed by atoms with Crippen molar-refractivity contribution in [3.63, 3.8) is 0 Å². The molecule has 0 unspecified atom stereocenters. The van der Waals surface area contributed by atoms with Crippen LogP contribution in [0.3, 0.4) is 0 Å². The van der Waals surface area contributed by atoms with Crippen LogP contribution < -0.4 is 14.8 Å². The molecule has 3 rings (SSSR count). The van der Waals surface area contributed by atoms with Crippen molar-refractivity contribution in [3.05, 3.63) is 59.2 Å². The molecule has 1 N–H and O–H groups in total. The minimum atomic E-state index is -0.728. The van der Waals surface area contributed by atoms with Crippen LogP contribution in [0, 0.1) is 0 Å². The summed E-state index contributed by atoms with van der Waals surface area (Å²) in [6.45, 7) is 2.52. The zero-order valence-electron chi connectivity index (χ0n) is 13.0. The van der Waals surface area contributed by atoms with Crippen molar-refractivity contribution in [2.45, 2.75) is 19.0 Å². The first-order valence-corrected chi connectivity index (χ1v) is 7.20. The highest BCUT2D eigenvalue weighted by Gasteiger charge is 2.40. The summed E-state index contributed by atoms with van der Waals surface area (Å²) in [5, 5.41) is 3.36. The molecule has 0 saturated heterocycles. The van der Waals surface area contributed by atoms with Crippen molar-refractivity contribution in [2.24, 2.45) is 0 Å². The lowest BCUT2D eigenvalue weighted by Crippen LogP contribution is -2.49. The van der Waals surface area contributed by atoms with Crippen molar-refractivity contribution in [1.82, 2.24) is 5.32 Å². The fraction of sp³-hybridized carbons (Fsp3) is 0.278. The van der Waals surface area contributed by atoms with E-state index in [4.69, 9.17) is 9.47 Å². The van der Waals surface area contributed by atoms with E-state index >= 15 is 0 Å². The molecule has 0 bridgehead atoms. The van der Waals surface area contributed by atoms with Gasteiger partial charge in [-0.05, 0) is 30.2 Å². The molecule has 1 aliphatic heterocycles. The molecule has 1 heterocycles. The van der Waals surface area contributed by atoms with Gasteiger partial charge in [0.1, 0.15) is 5.54 Å². The zero-order chi connectivity index (χ0) is 15.7. The van der Waals surface area contributed by atoms with Gasteiger partial charge >= 0.3 is 0 Å². The first-order valence-electron chi connectivity index (χ1n) is 7.20. The third-order valence-corrected chi connectivity index (χ3v) is 4.29. The van der Waals surface area contributed by atoms with Gasteiger partial charge in [-0.15, -0.1) is 0 Å². The standard InChI is InChI=1S/C18H19NO3/c1-18(13-7-5-4-6-8-13)17(20)14-10-16(22-3)15(21-2)9-12(14)11-19-18/h4-10,19H,11H2,1-3H3/t18-/m1/s1. The number of fused-ring (bicyclic) bond motifs is 1. The number of methoxy groups -OCH3 is 2. The van der Waals surface area contributed by atoms with Gasteiger partial charge in [0.15, 0.2) is 17.3 Å². The molecule has 0 saturated carbocycles. The predicted octanol–water partition coefficient (Wildman–Crippen LogP) is 2.91. The van der Waals surface area contributed by atoms with Gasteiger partial charge in [-0.2, -0.15) is 0 Å². The maximum Gasteiger partial charge on any atom is 0.187 e. The lowest BCUT2D eigenvalue weighted by molar-refractivity contribution is 0.0845. The molecule has 2 aromatic carbocycles. The summed E-state index contributed by atoms with van der Waals surface area (Å²) in [4.78, 5) is 13.0. The second kappa shape index (κ2) is 5.46. The minimum Gasteiger partial charge on any atom is -0.493 e. The summed E-state index contributed by atoms with van der Waals surface area (Å²) in [6, 6.07) is 13.4. The molecule has 0 radical (unpaired) electrons. The Balaban J connectivity index is 2.09. The summed E-state index contributed by atoms with van der Waals surface area (Å²) < 4.78 is 10.6. The average Bonchev–Trinajstić information content (AvgIpc) is 2.58. The van der Waals surface area contributed by atoms with Crippen molar-refractivity contribution >= 4 is 5.78 Å². The van der Waals surface area contributed by atoms with Crippen LogP contribution in [0.5, 0.6) is 11.5 Å². The Morgan fingerprint density at radius 2 is 1.68 bits per heavy atom. The Bertz CT molecular complexity index is 712. The number of carbonyl (C=O) groups excluding carboxylic acids is 1. The molecular weight excluding hydrogens is 278 g/mol. The normalized spacial score (nSPS) is 20.4. The molecular formula is C18H19NO3. The Morgan fingerprint density at radius 1 is 1.05 bits per heavy atom. The number of hydrogen-bond acceptors (Lipinski definition) is 4. The summed E-state index contributed by atoms with van der Waals surface area (Å²) in [6.07, 6.45) is 0. The van der Waals surface area contributed by atoms with Crippen molar-refractivity contribution in [1.29, 1.82) is 0 Å². The third-order valence-electron chi connectivity index (χ3n) is 4.29. The number of benzene rings is 2. The van der Waals surface area contributed by atoms with Gasteiger partial charge in [-0.3, -0.25) is 10.1 Å². The van der Waals surface area contributed by atoms with Crippen molar-refractivity contribution < 1.29 is 14.3 Å². The lowest BCUT2D eigenvalue weighted by atomic mass is 9.79. The molecule has 1 atom stereocenters. The first-order chi connectivity index (χ1) is 10.6.